The second kappa shape index (κ2) is 10.4. The first-order valence-electron chi connectivity index (χ1n) is 9.26. The highest BCUT2D eigenvalue weighted by molar-refractivity contribution is 5.97. The van der Waals surface area contributed by atoms with Crippen molar-refractivity contribution in [1.29, 1.82) is 5.26 Å². The lowest BCUT2D eigenvalue weighted by Gasteiger charge is -2.17. The minimum Gasteiger partial charge on any atom is -0.463 e. The summed E-state index contributed by atoms with van der Waals surface area (Å²) in [4.78, 5) is 60.8. The molecule has 1 N–H and O–H groups in total. The summed E-state index contributed by atoms with van der Waals surface area (Å²) in [7, 11) is 0. The zero-order chi connectivity index (χ0) is 23.1. The van der Waals surface area contributed by atoms with Gasteiger partial charge in [-0.3, -0.25) is 23.9 Å². The van der Waals surface area contributed by atoms with Crippen molar-refractivity contribution in [3.8, 4) is 6.07 Å². The normalized spacial score (nSPS) is 20.6. The Balaban J connectivity index is 2.38. The molecule has 31 heavy (non-hydrogen) atoms. The van der Waals surface area contributed by atoms with E-state index in [1.165, 1.54) is 13.8 Å². The molecule has 1 aromatic heterocycles. The fourth-order valence-corrected chi connectivity index (χ4v) is 2.88. The van der Waals surface area contributed by atoms with Crippen molar-refractivity contribution in [2.75, 3.05) is 13.2 Å². The van der Waals surface area contributed by atoms with Gasteiger partial charge in [-0.1, -0.05) is 0 Å². The van der Waals surface area contributed by atoms with Gasteiger partial charge < -0.3 is 18.9 Å². The standard InChI is InChI=1S/C19H21N3O9/c1-4-28-18(26)12(7-20)5-13-8-22(19(27)21-17(13)25)16-6-14(30-11(3)24)15(31-16)9-29-10(2)23/h5,8,14-16H,4,6,9H2,1-3H3,(H,21,25,27)/b12-5+/t14-,15+,16+/m0/s1. The number of H-pyrrole nitrogens is 1. The van der Waals surface area contributed by atoms with E-state index in [2.05, 4.69) is 4.98 Å². The SMILES string of the molecule is CCOC(=O)/C(C#N)=C/c1cn([C@H]2C[C@H](OC(C)=O)[C@@H](COC(C)=O)O2)c(=O)[nH]c1=O. The Morgan fingerprint density at radius 1 is 1.29 bits per heavy atom. The average molecular weight is 435 g/mol. The van der Waals surface area contributed by atoms with Gasteiger partial charge in [0.2, 0.25) is 0 Å². The Morgan fingerprint density at radius 2 is 2.00 bits per heavy atom. The van der Waals surface area contributed by atoms with Gasteiger partial charge in [0.1, 0.15) is 36.7 Å². The molecule has 1 aromatic rings. The third-order valence-electron chi connectivity index (χ3n) is 4.17. The molecule has 1 aliphatic heterocycles. The Morgan fingerprint density at radius 3 is 2.58 bits per heavy atom. The lowest BCUT2D eigenvalue weighted by molar-refractivity contribution is -0.155. The molecule has 0 aliphatic carbocycles. The molecule has 2 heterocycles. The highest BCUT2D eigenvalue weighted by Gasteiger charge is 2.39. The number of nitrogens with one attached hydrogen (secondary N) is 1. The predicted molar refractivity (Wildman–Crippen MR) is 102 cm³/mol. The van der Waals surface area contributed by atoms with Crippen molar-refractivity contribution in [2.24, 2.45) is 0 Å². The summed E-state index contributed by atoms with van der Waals surface area (Å²) in [5.41, 5.74) is -2.25. The first kappa shape index (κ1) is 23.6. The van der Waals surface area contributed by atoms with Crippen LogP contribution in [0.15, 0.2) is 21.4 Å². The van der Waals surface area contributed by atoms with Gasteiger partial charge in [0.05, 0.1) is 12.2 Å². The van der Waals surface area contributed by atoms with E-state index in [-0.39, 0.29) is 25.2 Å². The van der Waals surface area contributed by atoms with Crippen molar-refractivity contribution >= 4 is 24.0 Å². The van der Waals surface area contributed by atoms with Crippen LogP contribution in [0.3, 0.4) is 0 Å². The van der Waals surface area contributed by atoms with Crippen LogP contribution in [0.25, 0.3) is 6.08 Å². The van der Waals surface area contributed by atoms with E-state index >= 15 is 0 Å². The molecule has 0 aromatic carbocycles. The first-order valence-corrected chi connectivity index (χ1v) is 9.26. The van der Waals surface area contributed by atoms with E-state index in [1.54, 1.807) is 13.0 Å². The fourth-order valence-electron chi connectivity index (χ4n) is 2.88. The third-order valence-corrected chi connectivity index (χ3v) is 4.17. The van der Waals surface area contributed by atoms with E-state index in [4.69, 9.17) is 24.2 Å². The number of esters is 3. The quantitative estimate of drug-likeness (QED) is 0.262. The molecule has 3 atom stereocenters. The van der Waals surface area contributed by atoms with Gasteiger partial charge in [0, 0.05) is 26.5 Å². The summed E-state index contributed by atoms with van der Waals surface area (Å²) in [6.07, 6.45) is -0.500. The molecule has 0 saturated carbocycles. The smallest absolute Gasteiger partial charge is 0.348 e. The van der Waals surface area contributed by atoms with E-state index in [0.717, 1.165) is 16.8 Å². The van der Waals surface area contributed by atoms with Crippen LogP contribution in [0.4, 0.5) is 0 Å². The summed E-state index contributed by atoms with van der Waals surface area (Å²) >= 11 is 0. The first-order chi connectivity index (χ1) is 14.7. The second-order valence-corrected chi connectivity index (χ2v) is 6.46. The Kier molecular flexibility index (Phi) is 7.87. The van der Waals surface area contributed by atoms with E-state index in [9.17, 15) is 24.0 Å². The molecular weight excluding hydrogens is 414 g/mol. The summed E-state index contributed by atoms with van der Waals surface area (Å²) in [6.45, 7) is 3.78. The number of rotatable bonds is 7. The lowest BCUT2D eigenvalue weighted by atomic mass is 10.1. The topological polar surface area (TPSA) is 167 Å². The lowest BCUT2D eigenvalue weighted by Crippen LogP contribution is -2.33. The van der Waals surface area contributed by atoms with Gasteiger partial charge in [-0.2, -0.15) is 5.26 Å². The molecule has 12 heteroatoms. The molecular formula is C19H21N3O9. The van der Waals surface area contributed by atoms with Gasteiger partial charge in [-0.25, -0.2) is 9.59 Å². The van der Waals surface area contributed by atoms with Crippen LogP contribution in [0.5, 0.6) is 0 Å². The number of carbonyl (C=O) groups excluding carboxylic acids is 3. The molecule has 0 unspecified atom stereocenters. The molecule has 0 amide bonds. The van der Waals surface area contributed by atoms with Crippen molar-refractivity contribution < 1.29 is 33.3 Å². The minimum atomic E-state index is -0.977. The molecule has 0 spiro atoms. The number of carbonyl (C=O) groups is 3. The number of hydrogen-bond acceptors (Lipinski definition) is 10. The molecule has 1 aliphatic rings. The fraction of sp³-hybridized carbons (Fsp3) is 0.474. The Bertz CT molecular complexity index is 1050. The van der Waals surface area contributed by atoms with Crippen LogP contribution in [0, 0.1) is 11.3 Å². The van der Waals surface area contributed by atoms with E-state index in [0.29, 0.717) is 0 Å². The van der Waals surface area contributed by atoms with Crippen LogP contribution in [0.1, 0.15) is 39.0 Å². The van der Waals surface area contributed by atoms with E-state index < -0.39 is 53.2 Å². The summed E-state index contributed by atoms with van der Waals surface area (Å²) in [5, 5.41) is 9.15. The van der Waals surface area contributed by atoms with Crippen molar-refractivity contribution in [2.45, 2.75) is 45.6 Å². The van der Waals surface area contributed by atoms with Gasteiger partial charge >= 0.3 is 23.6 Å². The number of nitrogens with zero attached hydrogens (tertiary/aromatic N) is 2. The highest BCUT2D eigenvalue weighted by Crippen LogP contribution is 2.30. The van der Waals surface area contributed by atoms with Gasteiger partial charge in [0.25, 0.3) is 5.56 Å². The van der Waals surface area contributed by atoms with Crippen LogP contribution < -0.4 is 11.2 Å². The largest absolute Gasteiger partial charge is 0.463 e. The Labute approximate surface area is 176 Å². The zero-order valence-corrected chi connectivity index (χ0v) is 17.1. The monoisotopic (exact) mass is 435 g/mol. The molecule has 166 valence electrons. The minimum absolute atomic E-state index is 0.0313. The van der Waals surface area contributed by atoms with Crippen LogP contribution in [-0.2, 0) is 33.3 Å². The zero-order valence-electron chi connectivity index (χ0n) is 17.1. The summed E-state index contributed by atoms with van der Waals surface area (Å²) < 4.78 is 21.6. The summed E-state index contributed by atoms with van der Waals surface area (Å²) in [6, 6.07) is 1.64. The molecule has 1 saturated heterocycles. The van der Waals surface area contributed by atoms with Crippen LogP contribution >= 0.6 is 0 Å². The molecule has 12 nitrogen and oxygen atoms in total. The third kappa shape index (κ3) is 6.13. The second-order valence-electron chi connectivity index (χ2n) is 6.46. The van der Waals surface area contributed by atoms with E-state index in [1.807, 2.05) is 0 Å². The number of nitriles is 1. The highest BCUT2D eigenvalue weighted by atomic mass is 16.6. The summed E-state index contributed by atoms with van der Waals surface area (Å²) in [5.74, 6) is -2.08. The molecule has 0 radical (unpaired) electrons. The van der Waals surface area contributed by atoms with Gasteiger partial charge in [0.15, 0.2) is 0 Å². The average Bonchev–Trinajstić information content (AvgIpc) is 3.07. The Hall–Kier alpha value is -3.72. The maximum absolute atomic E-state index is 12.3. The van der Waals surface area contributed by atoms with Crippen LogP contribution in [-0.4, -0.2) is 52.9 Å². The van der Waals surface area contributed by atoms with Crippen molar-refractivity contribution in [3.63, 3.8) is 0 Å². The van der Waals surface area contributed by atoms with Crippen LogP contribution in [0.2, 0.25) is 0 Å². The number of hydrogen-bond donors (Lipinski definition) is 1. The molecule has 2 rings (SSSR count). The number of aromatic nitrogens is 2. The van der Waals surface area contributed by atoms with Crippen molar-refractivity contribution in [3.05, 3.63) is 38.2 Å². The predicted octanol–water partition coefficient (Wildman–Crippen LogP) is -0.211. The van der Waals surface area contributed by atoms with Gasteiger partial charge in [-0.15, -0.1) is 0 Å². The molecule has 1 fully saturated rings. The molecule has 0 bridgehead atoms. The number of ether oxygens (including phenoxy) is 4. The maximum atomic E-state index is 12.3. The maximum Gasteiger partial charge on any atom is 0.348 e. The number of aromatic amines is 1. The van der Waals surface area contributed by atoms with Gasteiger partial charge in [-0.05, 0) is 13.0 Å². The van der Waals surface area contributed by atoms with Crippen molar-refractivity contribution in [1.82, 2.24) is 9.55 Å².